The summed E-state index contributed by atoms with van der Waals surface area (Å²) < 4.78 is 1.52. The molecule has 12 heavy (non-hydrogen) atoms. The van der Waals surface area contributed by atoms with Crippen molar-refractivity contribution in [1.82, 2.24) is 4.40 Å². The predicted molar refractivity (Wildman–Crippen MR) is 48.7 cm³/mol. The minimum Gasteiger partial charge on any atom is -0.283 e. The summed E-state index contributed by atoms with van der Waals surface area (Å²) in [5.41, 5.74) is 0.682. The molecule has 0 aliphatic heterocycles. The van der Waals surface area contributed by atoms with Gasteiger partial charge in [0, 0.05) is 12.3 Å². The average molecular weight is 180 g/mol. The highest BCUT2D eigenvalue weighted by Crippen LogP contribution is 2.13. The molecule has 0 radical (unpaired) electrons. The van der Waals surface area contributed by atoms with Crippen LogP contribution >= 0.6 is 11.6 Å². The Labute approximate surface area is 74.0 Å². The maximum Gasteiger partial charge on any atom is 0.255 e. The Bertz CT molecular complexity index is 475. The topological polar surface area (TPSA) is 21.5 Å². The molecule has 0 saturated carbocycles. The highest BCUT2D eigenvalue weighted by Gasteiger charge is 1.96. The standard InChI is InChI=1S/C9H6ClNO/c10-7-3-2-6-11-8(7)4-1-5-9(11)12/h1-6H. The summed E-state index contributed by atoms with van der Waals surface area (Å²) in [6, 6.07) is 8.52. The molecule has 2 aromatic heterocycles. The van der Waals surface area contributed by atoms with Crippen LogP contribution in [0.5, 0.6) is 0 Å². The van der Waals surface area contributed by atoms with Crippen molar-refractivity contribution >= 4 is 17.1 Å². The monoisotopic (exact) mass is 179 g/mol. The average Bonchev–Trinajstić information content (AvgIpc) is 2.07. The van der Waals surface area contributed by atoms with Crippen LogP contribution in [0.4, 0.5) is 0 Å². The Balaban J connectivity index is 3.05. The number of nitrogens with zero attached hydrogens (tertiary/aromatic N) is 1. The van der Waals surface area contributed by atoms with Gasteiger partial charge in [-0.05, 0) is 18.2 Å². The Kier molecular flexibility index (Phi) is 1.62. The molecule has 0 amide bonds. The Morgan fingerprint density at radius 2 is 2.00 bits per heavy atom. The lowest BCUT2D eigenvalue weighted by atomic mass is 10.3. The second-order valence-electron chi connectivity index (χ2n) is 2.48. The second-order valence-corrected chi connectivity index (χ2v) is 2.88. The van der Waals surface area contributed by atoms with Crippen LogP contribution in [0.3, 0.4) is 0 Å². The highest BCUT2D eigenvalue weighted by molar-refractivity contribution is 6.33. The third-order valence-corrected chi connectivity index (χ3v) is 2.03. The first kappa shape index (κ1) is 7.37. The molecule has 2 nitrogen and oxygen atoms in total. The molecule has 2 aromatic rings. The summed E-state index contributed by atoms with van der Waals surface area (Å²) in [6.45, 7) is 0. The van der Waals surface area contributed by atoms with Crippen LogP contribution in [0.15, 0.2) is 41.3 Å². The van der Waals surface area contributed by atoms with Gasteiger partial charge in [0.15, 0.2) is 0 Å². The van der Waals surface area contributed by atoms with E-state index in [1.54, 1.807) is 24.4 Å². The van der Waals surface area contributed by atoms with Gasteiger partial charge < -0.3 is 0 Å². The normalized spacial score (nSPS) is 10.4. The Hall–Kier alpha value is -1.28. The minimum absolute atomic E-state index is 0.0602. The van der Waals surface area contributed by atoms with Gasteiger partial charge in [0.05, 0.1) is 10.5 Å². The maximum atomic E-state index is 11.2. The molecule has 2 heterocycles. The number of aromatic nitrogens is 1. The molecule has 60 valence electrons. The smallest absolute Gasteiger partial charge is 0.255 e. The molecule has 0 aliphatic carbocycles. The Morgan fingerprint density at radius 1 is 1.17 bits per heavy atom. The van der Waals surface area contributed by atoms with E-state index < -0.39 is 0 Å². The predicted octanol–water partition coefficient (Wildman–Crippen LogP) is 1.95. The molecular formula is C9H6ClNO. The summed E-state index contributed by atoms with van der Waals surface area (Å²) in [4.78, 5) is 11.2. The van der Waals surface area contributed by atoms with Crippen LogP contribution in [0.1, 0.15) is 0 Å². The molecule has 0 bridgehead atoms. The zero-order valence-corrected chi connectivity index (χ0v) is 6.95. The summed E-state index contributed by atoms with van der Waals surface area (Å²) in [6.07, 6.45) is 1.70. The SMILES string of the molecule is O=c1cccc2c(Cl)cccn12. The fraction of sp³-hybridized carbons (Fsp3) is 0. The molecule has 3 heteroatoms. The first-order chi connectivity index (χ1) is 5.79. The Morgan fingerprint density at radius 3 is 2.75 bits per heavy atom. The van der Waals surface area contributed by atoms with Crippen LogP contribution in [0.25, 0.3) is 5.52 Å². The summed E-state index contributed by atoms with van der Waals surface area (Å²) in [5.74, 6) is 0. The molecule has 0 atom stereocenters. The lowest BCUT2D eigenvalue weighted by molar-refractivity contribution is 1.10. The van der Waals surface area contributed by atoms with E-state index >= 15 is 0 Å². The lowest BCUT2D eigenvalue weighted by Gasteiger charge is -1.99. The largest absolute Gasteiger partial charge is 0.283 e. The van der Waals surface area contributed by atoms with Crippen LogP contribution < -0.4 is 5.56 Å². The fourth-order valence-electron chi connectivity index (χ4n) is 1.15. The molecule has 0 fully saturated rings. The van der Waals surface area contributed by atoms with Gasteiger partial charge in [0.1, 0.15) is 0 Å². The molecule has 0 saturated heterocycles. The van der Waals surface area contributed by atoms with Gasteiger partial charge in [-0.25, -0.2) is 0 Å². The van der Waals surface area contributed by atoms with Crippen LogP contribution in [0, 0.1) is 0 Å². The van der Waals surface area contributed by atoms with Crippen molar-refractivity contribution in [3.8, 4) is 0 Å². The van der Waals surface area contributed by atoms with E-state index in [0.717, 1.165) is 5.52 Å². The van der Waals surface area contributed by atoms with E-state index in [2.05, 4.69) is 0 Å². The second kappa shape index (κ2) is 2.64. The van der Waals surface area contributed by atoms with Gasteiger partial charge in [0.25, 0.3) is 5.56 Å². The fourth-order valence-corrected chi connectivity index (χ4v) is 1.38. The van der Waals surface area contributed by atoms with E-state index in [-0.39, 0.29) is 5.56 Å². The number of halogens is 1. The lowest BCUT2D eigenvalue weighted by Crippen LogP contribution is -2.10. The summed E-state index contributed by atoms with van der Waals surface area (Å²) >= 11 is 5.87. The van der Waals surface area contributed by atoms with E-state index in [4.69, 9.17) is 11.6 Å². The molecule has 0 spiro atoms. The third-order valence-electron chi connectivity index (χ3n) is 1.71. The van der Waals surface area contributed by atoms with Gasteiger partial charge in [0.2, 0.25) is 0 Å². The number of fused-ring (bicyclic) bond motifs is 1. The van der Waals surface area contributed by atoms with Gasteiger partial charge in [-0.15, -0.1) is 0 Å². The van der Waals surface area contributed by atoms with Crippen LogP contribution in [-0.2, 0) is 0 Å². The molecule has 0 unspecified atom stereocenters. The van der Waals surface area contributed by atoms with Crippen LogP contribution in [-0.4, -0.2) is 4.40 Å². The van der Waals surface area contributed by atoms with Gasteiger partial charge in [-0.2, -0.15) is 0 Å². The van der Waals surface area contributed by atoms with Crippen molar-refractivity contribution in [1.29, 1.82) is 0 Å². The minimum atomic E-state index is -0.0602. The van der Waals surface area contributed by atoms with Crippen molar-refractivity contribution in [3.05, 3.63) is 51.9 Å². The molecular weight excluding hydrogens is 174 g/mol. The van der Waals surface area contributed by atoms with E-state index in [9.17, 15) is 4.79 Å². The van der Waals surface area contributed by atoms with Gasteiger partial charge in [-0.1, -0.05) is 17.7 Å². The molecule has 0 aromatic carbocycles. The highest BCUT2D eigenvalue weighted by atomic mass is 35.5. The van der Waals surface area contributed by atoms with Crippen molar-refractivity contribution in [2.75, 3.05) is 0 Å². The van der Waals surface area contributed by atoms with Crippen molar-refractivity contribution in [2.45, 2.75) is 0 Å². The maximum absolute atomic E-state index is 11.2. The molecule has 0 N–H and O–H groups in total. The van der Waals surface area contributed by atoms with E-state index in [0.29, 0.717) is 5.02 Å². The first-order valence-corrected chi connectivity index (χ1v) is 3.93. The van der Waals surface area contributed by atoms with Gasteiger partial charge in [-0.3, -0.25) is 9.20 Å². The number of pyridine rings is 2. The van der Waals surface area contributed by atoms with E-state index in [1.807, 2.05) is 6.07 Å². The zero-order valence-electron chi connectivity index (χ0n) is 6.20. The number of hydrogen-bond donors (Lipinski definition) is 0. The number of hydrogen-bond acceptors (Lipinski definition) is 1. The van der Waals surface area contributed by atoms with E-state index in [1.165, 1.54) is 10.5 Å². The molecule has 2 rings (SSSR count). The van der Waals surface area contributed by atoms with Crippen LogP contribution in [0.2, 0.25) is 5.02 Å². The third kappa shape index (κ3) is 1.01. The quantitative estimate of drug-likeness (QED) is 0.606. The van der Waals surface area contributed by atoms with Crippen molar-refractivity contribution in [3.63, 3.8) is 0 Å². The van der Waals surface area contributed by atoms with Crippen molar-refractivity contribution < 1.29 is 0 Å². The summed E-state index contributed by atoms with van der Waals surface area (Å²) in [7, 11) is 0. The van der Waals surface area contributed by atoms with Gasteiger partial charge >= 0.3 is 0 Å². The number of rotatable bonds is 0. The first-order valence-electron chi connectivity index (χ1n) is 3.55. The van der Waals surface area contributed by atoms with Crippen molar-refractivity contribution in [2.24, 2.45) is 0 Å². The zero-order chi connectivity index (χ0) is 8.55. The molecule has 0 aliphatic rings. The summed E-state index contributed by atoms with van der Waals surface area (Å²) in [5, 5.41) is 0.593.